The van der Waals surface area contributed by atoms with Gasteiger partial charge in [-0.05, 0) is 49.8 Å². The fraction of sp³-hybridized carbons (Fsp3) is 0.529. The maximum absolute atomic E-state index is 10.9. The van der Waals surface area contributed by atoms with Crippen LogP contribution in [-0.4, -0.2) is 38.1 Å². The lowest BCUT2D eigenvalue weighted by atomic mass is 9.82. The van der Waals surface area contributed by atoms with Crippen molar-refractivity contribution in [3.05, 3.63) is 23.8 Å². The van der Waals surface area contributed by atoms with Crippen LogP contribution in [0.4, 0.5) is 0 Å². The number of hydrogen-bond acceptors (Lipinski definition) is 4. The summed E-state index contributed by atoms with van der Waals surface area (Å²) in [4.78, 5) is 15.4. The minimum absolute atomic E-state index is 0.168. The minimum atomic E-state index is -0.664. The first-order chi connectivity index (χ1) is 10.6. The van der Waals surface area contributed by atoms with Gasteiger partial charge in [0.1, 0.15) is 11.5 Å². The lowest BCUT2D eigenvalue weighted by Crippen LogP contribution is -2.22. The van der Waals surface area contributed by atoms with E-state index in [1.54, 1.807) is 14.2 Å². The van der Waals surface area contributed by atoms with Crippen molar-refractivity contribution in [1.82, 2.24) is 0 Å². The molecule has 22 heavy (non-hydrogen) atoms. The molecule has 1 N–H and O–H groups in total. The molecule has 1 fully saturated rings. The van der Waals surface area contributed by atoms with E-state index in [4.69, 9.17) is 14.6 Å². The zero-order chi connectivity index (χ0) is 15.9. The zero-order valence-corrected chi connectivity index (χ0v) is 13.1. The molecule has 1 saturated carbocycles. The molecule has 0 aromatic heterocycles. The minimum Gasteiger partial charge on any atom is -0.497 e. The molecule has 1 aromatic carbocycles. The van der Waals surface area contributed by atoms with Gasteiger partial charge in [-0.25, -0.2) is 0 Å². The van der Waals surface area contributed by atoms with E-state index in [1.165, 1.54) is 0 Å². The Morgan fingerprint density at radius 3 is 2.59 bits per heavy atom. The molecule has 0 spiro atoms. The van der Waals surface area contributed by atoms with Crippen LogP contribution >= 0.6 is 0 Å². The Hall–Kier alpha value is -2.04. The molecular formula is C17H23NO4. The van der Waals surface area contributed by atoms with Crippen molar-refractivity contribution < 1.29 is 19.4 Å². The highest BCUT2D eigenvalue weighted by Gasteiger charge is 2.25. The van der Waals surface area contributed by atoms with Crippen LogP contribution in [0.15, 0.2) is 23.2 Å². The maximum Gasteiger partial charge on any atom is 0.306 e. The number of aliphatic carboxylic acids is 1. The van der Waals surface area contributed by atoms with E-state index in [1.807, 2.05) is 24.4 Å². The average molecular weight is 305 g/mol. The number of ether oxygens (including phenoxy) is 2. The topological polar surface area (TPSA) is 68.1 Å². The second-order valence-corrected chi connectivity index (χ2v) is 5.66. The predicted molar refractivity (Wildman–Crippen MR) is 85.1 cm³/mol. The first-order valence-corrected chi connectivity index (χ1v) is 7.58. The Labute approximate surface area is 131 Å². The van der Waals surface area contributed by atoms with Crippen molar-refractivity contribution >= 4 is 12.2 Å². The maximum atomic E-state index is 10.9. The van der Waals surface area contributed by atoms with E-state index in [0.29, 0.717) is 5.92 Å². The van der Waals surface area contributed by atoms with E-state index in [-0.39, 0.29) is 5.92 Å². The standard InChI is InChI=1S/C17H23NO4/c1-21-15-7-8-16(22-2)14(9-15)11-18-10-12-3-5-13(6-4-12)17(19)20/h7-9,11-13H,3-6,10H2,1-2H3,(H,19,20). The van der Waals surface area contributed by atoms with Gasteiger partial charge in [-0.3, -0.25) is 9.79 Å². The number of rotatable bonds is 6. The fourth-order valence-electron chi connectivity index (χ4n) is 2.83. The van der Waals surface area contributed by atoms with Gasteiger partial charge in [-0.1, -0.05) is 0 Å². The molecule has 0 bridgehead atoms. The van der Waals surface area contributed by atoms with Crippen LogP contribution in [0.25, 0.3) is 0 Å². The van der Waals surface area contributed by atoms with Crippen molar-refractivity contribution in [3.63, 3.8) is 0 Å². The van der Waals surface area contributed by atoms with E-state index >= 15 is 0 Å². The third-order valence-electron chi connectivity index (χ3n) is 4.23. The fourth-order valence-corrected chi connectivity index (χ4v) is 2.83. The SMILES string of the molecule is COc1ccc(OC)c(C=NCC2CCC(C(=O)O)CC2)c1. The monoisotopic (exact) mass is 305 g/mol. The molecule has 0 heterocycles. The number of hydrogen-bond donors (Lipinski definition) is 1. The summed E-state index contributed by atoms with van der Waals surface area (Å²) in [5.74, 6) is 1.17. The molecule has 1 aliphatic rings. The molecule has 0 radical (unpaired) electrons. The Kier molecular flexibility index (Phi) is 5.81. The van der Waals surface area contributed by atoms with Gasteiger partial charge in [0.25, 0.3) is 0 Å². The Morgan fingerprint density at radius 1 is 1.27 bits per heavy atom. The van der Waals surface area contributed by atoms with Crippen molar-refractivity contribution in [2.24, 2.45) is 16.8 Å². The highest BCUT2D eigenvalue weighted by Crippen LogP contribution is 2.29. The average Bonchev–Trinajstić information content (AvgIpc) is 2.55. The number of nitrogens with zero attached hydrogens (tertiary/aromatic N) is 1. The van der Waals surface area contributed by atoms with Crippen molar-refractivity contribution in [2.75, 3.05) is 20.8 Å². The molecule has 1 aromatic rings. The molecule has 0 amide bonds. The largest absolute Gasteiger partial charge is 0.497 e. The molecule has 0 unspecified atom stereocenters. The van der Waals surface area contributed by atoms with Crippen LogP contribution in [0.1, 0.15) is 31.2 Å². The van der Waals surface area contributed by atoms with Gasteiger partial charge >= 0.3 is 5.97 Å². The van der Waals surface area contributed by atoms with Crippen LogP contribution in [0, 0.1) is 11.8 Å². The molecule has 5 nitrogen and oxygen atoms in total. The summed E-state index contributed by atoms with van der Waals surface area (Å²) in [5.41, 5.74) is 0.890. The lowest BCUT2D eigenvalue weighted by Gasteiger charge is -2.24. The summed E-state index contributed by atoms with van der Waals surface area (Å²) in [6, 6.07) is 5.60. The summed E-state index contributed by atoms with van der Waals surface area (Å²) < 4.78 is 10.5. The quantitative estimate of drug-likeness (QED) is 0.820. The summed E-state index contributed by atoms with van der Waals surface area (Å²) in [6.45, 7) is 0.729. The van der Waals surface area contributed by atoms with E-state index in [0.717, 1.165) is 49.3 Å². The Morgan fingerprint density at radius 2 is 2.00 bits per heavy atom. The second-order valence-electron chi connectivity index (χ2n) is 5.66. The Balaban J connectivity index is 1.91. The van der Waals surface area contributed by atoms with Crippen LogP contribution in [0.3, 0.4) is 0 Å². The van der Waals surface area contributed by atoms with Crippen LogP contribution in [0.2, 0.25) is 0 Å². The molecule has 120 valence electrons. The van der Waals surface area contributed by atoms with Gasteiger partial charge in [-0.2, -0.15) is 0 Å². The smallest absolute Gasteiger partial charge is 0.306 e. The predicted octanol–water partition coefficient (Wildman–Crippen LogP) is 3.01. The van der Waals surface area contributed by atoms with Crippen molar-refractivity contribution in [2.45, 2.75) is 25.7 Å². The number of carboxylic acids is 1. The van der Waals surface area contributed by atoms with Gasteiger partial charge in [0.2, 0.25) is 0 Å². The lowest BCUT2D eigenvalue weighted by molar-refractivity contribution is -0.143. The molecule has 0 atom stereocenters. The van der Waals surface area contributed by atoms with E-state index in [2.05, 4.69) is 4.99 Å². The second kappa shape index (κ2) is 7.82. The molecular weight excluding hydrogens is 282 g/mol. The van der Waals surface area contributed by atoms with Crippen LogP contribution < -0.4 is 9.47 Å². The first kappa shape index (κ1) is 16.3. The van der Waals surface area contributed by atoms with Crippen molar-refractivity contribution in [1.29, 1.82) is 0 Å². The van der Waals surface area contributed by atoms with E-state index < -0.39 is 5.97 Å². The molecule has 0 aliphatic heterocycles. The molecule has 2 rings (SSSR count). The number of carbonyl (C=O) groups is 1. The highest BCUT2D eigenvalue weighted by molar-refractivity contribution is 5.84. The number of methoxy groups -OCH3 is 2. The van der Waals surface area contributed by atoms with Crippen molar-refractivity contribution in [3.8, 4) is 11.5 Å². The summed E-state index contributed by atoms with van der Waals surface area (Å²) in [6.07, 6.45) is 5.20. The first-order valence-electron chi connectivity index (χ1n) is 7.58. The van der Waals surface area contributed by atoms with Crippen LogP contribution in [-0.2, 0) is 4.79 Å². The van der Waals surface area contributed by atoms with Gasteiger partial charge < -0.3 is 14.6 Å². The number of benzene rings is 1. The van der Waals surface area contributed by atoms with Gasteiger partial charge in [0.15, 0.2) is 0 Å². The number of carboxylic acid groups (broad SMARTS) is 1. The molecule has 5 heteroatoms. The van der Waals surface area contributed by atoms with Crippen LogP contribution in [0.5, 0.6) is 11.5 Å². The normalized spacial score (nSPS) is 21.7. The van der Waals surface area contributed by atoms with Gasteiger partial charge in [0, 0.05) is 18.3 Å². The van der Waals surface area contributed by atoms with E-state index in [9.17, 15) is 4.79 Å². The third kappa shape index (κ3) is 4.23. The molecule has 1 aliphatic carbocycles. The number of aliphatic imine (C=N–C) groups is 1. The van der Waals surface area contributed by atoms with Gasteiger partial charge in [0.05, 0.1) is 20.1 Å². The summed E-state index contributed by atoms with van der Waals surface area (Å²) in [7, 11) is 3.26. The molecule has 0 saturated heterocycles. The summed E-state index contributed by atoms with van der Waals surface area (Å²) >= 11 is 0. The highest BCUT2D eigenvalue weighted by atomic mass is 16.5. The zero-order valence-electron chi connectivity index (χ0n) is 13.1. The third-order valence-corrected chi connectivity index (χ3v) is 4.23. The summed E-state index contributed by atoms with van der Waals surface area (Å²) in [5, 5.41) is 9.00. The van der Waals surface area contributed by atoms with Gasteiger partial charge in [-0.15, -0.1) is 0 Å². The Bertz CT molecular complexity index is 533.